The van der Waals surface area contributed by atoms with E-state index in [1.807, 2.05) is 12.1 Å². The van der Waals surface area contributed by atoms with Crippen molar-refractivity contribution in [1.29, 1.82) is 0 Å². The van der Waals surface area contributed by atoms with Crippen LogP contribution in [0.2, 0.25) is 0 Å². The van der Waals surface area contributed by atoms with E-state index in [0.29, 0.717) is 25.0 Å². The standard InChI is InChI=1S/C25H42N4O3.HI/c1-5-26-24(28-17-23(30)19-6-8-21(9-7-19)25(2,3)4)27-16-22(20-10-13-32-18-20)29-11-14-31-15-12-29;/h6-9,20,22-23,30H,5,10-18H2,1-4H3,(H2,26,27,28);1H. The number of ether oxygens (including phenoxy) is 2. The highest BCUT2D eigenvalue weighted by molar-refractivity contribution is 14.0. The van der Waals surface area contributed by atoms with Gasteiger partial charge >= 0.3 is 0 Å². The third-order valence-electron chi connectivity index (χ3n) is 6.43. The van der Waals surface area contributed by atoms with Crippen LogP contribution in [0.15, 0.2) is 29.3 Å². The lowest BCUT2D eigenvalue weighted by Crippen LogP contribution is -2.49. The van der Waals surface area contributed by atoms with E-state index in [9.17, 15) is 5.11 Å². The van der Waals surface area contributed by atoms with Crippen LogP contribution in [-0.2, 0) is 14.9 Å². The zero-order chi connectivity index (χ0) is 23.0. The summed E-state index contributed by atoms with van der Waals surface area (Å²) < 4.78 is 11.2. The minimum atomic E-state index is -0.592. The number of aliphatic hydroxyl groups excluding tert-OH is 1. The van der Waals surface area contributed by atoms with Gasteiger partial charge in [-0.2, -0.15) is 0 Å². The summed E-state index contributed by atoms with van der Waals surface area (Å²) in [6, 6.07) is 8.60. The molecule has 1 aromatic carbocycles. The Hall–Kier alpha value is -0.940. The van der Waals surface area contributed by atoms with E-state index in [0.717, 1.165) is 64.0 Å². The van der Waals surface area contributed by atoms with Gasteiger partial charge in [-0.05, 0) is 29.9 Å². The molecular weight excluding hydrogens is 531 g/mol. The number of hydrogen-bond donors (Lipinski definition) is 3. The van der Waals surface area contributed by atoms with Crippen LogP contribution in [0.4, 0.5) is 0 Å². The summed E-state index contributed by atoms with van der Waals surface area (Å²) in [5.74, 6) is 1.25. The SMILES string of the molecule is CCNC(=NCC(C1CCOC1)N1CCOCC1)NCC(O)c1ccc(C(C)(C)C)cc1.I. The second kappa shape index (κ2) is 13.8. The fourth-order valence-corrected chi connectivity index (χ4v) is 4.37. The van der Waals surface area contributed by atoms with Gasteiger partial charge < -0.3 is 25.2 Å². The number of aliphatic hydroxyl groups is 1. The van der Waals surface area contributed by atoms with Gasteiger partial charge in [0.05, 0.1) is 32.5 Å². The topological polar surface area (TPSA) is 78.4 Å². The highest BCUT2D eigenvalue weighted by atomic mass is 127. The molecule has 0 aliphatic carbocycles. The summed E-state index contributed by atoms with van der Waals surface area (Å²) in [6.07, 6.45) is 0.497. The van der Waals surface area contributed by atoms with Crippen molar-refractivity contribution in [3.05, 3.63) is 35.4 Å². The van der Waals surface area contributed by atoms with Gasteiger partial charge in [-0.25, -0.2) is 0 Å². The molecule has 2 aliphatic rings. The van der Waals surface area contributed by atoms with Crippen LogP contribution >= 0.6 is 24.0 Å². The average Bonchev–Trinajstić information content (AvgIpc) is 3.32. The second-order valence-electron chi connectivity index (χ2n) is 9.83. The van der Waals surface area contributed by atoms with Crippen LogP contribution < -0.4 is 10.6 Å². The third-order valence-corrected chi connectivity index (χ3v) is 6.43. The summed E-state index contributed by atoms with van der Waals surface area (Å²) in [5, 5.41) is 17.3. The number of guanidine groups is 1. The Morgan fingerprint density at radius 1 is 1.12 bits per heavy atom. The molecule has 2 heterocycles. The molecular formula is C25H43IN4O3. The predicted molar refractivity (Wildman–Crippen MR) is 145 cm³/mol. The van der Waals surface area contributed by atoms with E-state index in [4.69, 9.17) is 14.5 Å². The average molecular weight is 575 g/mol. The van der Waals surface area contributed by atoms with Crippen LogP contribution in [0.3, 0.4) is 0 Å². The number of aliphatic imine (C=N–C) groups is 1. The maximum atomic E-state index is 10.7. The van der Waals surface area contributed by atoms with Gasteiger partial charge in [0.2, 0.25) is 0 Å². The quantitative estimate of drug-likeness (QED) is 0.252. The fraction of sp³-hybridized carbons (Fsp3) is 0.720. The maximum absolute atomic E-state index is 10.7. The molecule has 3 N–H and O–H groups in total. The highest BCUT2D eigenvalue weighted by Gasteiger charge is 2.31. The molecule has 0 saturated carbocycles. The van der Waals surface area contributed by atoms with Crippen molar-refractivity contribution in [2.24, 2.45) is 10.9 Å². The Morgan fingerprint density at radius 2 is 1.82 bits per heavy atom. The molecule has 0 aromatic heterocycles. The molecule has 2 fully saturated rings. The number of rotatable bonds is 8. The van der Waals surface area contributed by atoms with Crippen molar-refractivity contribution in [2.75, 3.05) is 59.2 Å². The van der Waals surface area contributed by atoms with Crippen LogP contribution in [0, 0.1) is 5.92 Å². The lowest BCUT2D eigenvalue weighted by atomic mass is 9.86. The molecule has 0 spiro atoms. The van der Waals surface area contributed by atoms with Crippen LogP contribution in [0.5, 0.6) is 0 Å². The number of benzene rings is 1. The lowest BCUT2D eigenvalue weighted by molar-refractivity contribution is 0.00368. The number of hydrogen-bond acceptors (Lipinski definition) is 5. The molecule has 1 aromatic rings. The Kier molecular flexibility index (Phi) is 11.9. The third kappa shape index (κ3) is 8.65. The summed E-state index contributed by atoms with van der Waals surface area (Å²) in [7, 11) is 0. The molecule has 3 atom stereocenters. The van der Waals surface area contributed by atoms with Crippen molar-refractivity contribution in [1.82, 2.24) is 15.5 Å². The van der Waals surface area contributed by atoms with Gasteiger partial charge in [0.15, 0.2) is 5.96 Å². The Bertz CT molecular complexity index is 711. The van der Waals surface area contributed by atoms with Gasteiger partial charge in [-0.15, -0.1) is 24.0 Å². The Labute approximate surface area is 216 Å². The van der Waals surface area contributed by atoms with E-state index < -0.39 is 6.10 Å². The molecule has 2 aliphatic heterocycles. The molecule has 3 rings (SSSR count). The first-order valence-corrected chi connectivity index (χ1v) is 12.1. The molecule has 2 saturated heterocycles. The number of halogens is 1. The van der Waals surface area contributed by atoms with Crippen molar-refractivity contribution in [3.8, 4) is 0 Å². The lowest BCUT2D eigenvalue weighted by Gasteiger charge is -2.36. The van der Waals surface area contributed by atoms with Crippen LogP contribution in [0.1, 0.15) is 51.3 Å². The van der Waals surface area contributed by atoms with Gasteiger partial charge in [0.1, 0.15) is 0 Å². The van der Waals surface area contributed by atoms with Crippen molar-refractivity contribution >= 4 is 29.9 Å². The molecule has 33 heavy (non-hydrogen) atoms. The van der Waals surface area contributed by atoms with E-state index in [-0.39, 0.29) is 29.4 Å². The Morgan fingerprint density at radius 3 is 2.39 bits per heavy atom. The first kappa shape index (κ1) is 28.3. The normalized spacial score (nSPS) is 21.8. The second-order valence-corrected chi connectivity index (χ2v) is 9.83. The molecule has 0 amide bonds. The predicted octanol–water partition coefficient (Wildman–Crippen LogP) is 2.93. The van der Waals surface area contributed by atoms with E-state index in [1.54, 1.807) is 0 Å². The molecule has 7 nitrogen and oxygen atoms in total. The smallest absolute Gasteiger partial charge is 0.191 e. The zero-order valence-electron chi connectivity index (χ0n) is 20.7. The molecule has 8 heteroatoms. The van der Waals surface area contributed by atoms with E-state index in [2.05, 4.69) is 55.4 Å². The van der Waals surface area contributed by atoms with Gasteiger partial charge in [0.25, 0.3) is 0 Å². The van der Waals surface area contributed by atoms with Crippen molar-refractivity contribution in [2.45, 2.75) is 51.7 Å². The van der Waals surface area contributed by atoms with Crippen molar-refractivity contribution < 1.29 is 14.6 Å². The Balaban J connectivity index is 0.00000385. The maximum Gasteiger partial charge on any atom is 0.191 e. The highest BCUT2D eigenvalue weighted by Crippen LogP contribution is 2.24. The summed E-state index contributed by atoms with van der Waals surface area (Å²) in [4.78, 5) is 7.39. The summed E-state index contributed by atoms with van der Waals surface area (Å²) >= 11 is 0. The summed E-state index contributed by atoms with van der Waals surface area (Å²) in [5.41, 5.74) is 2.28. The minimum Gasteiger partial charge on any atom is -0.387 e. The molecule has 3 unspecified atom stereocenters. The van der Waals surface area contributed by atoms with Crippen LogP contribution in [-0.4, -0.2) is 81.2 Å². The fourth-order valence-electron chi connectivity index (χ4n) is 4.37. The van der Waals surface area contributed by atoms with Crippen molar-refractivity contribution in [3.63, 3.8) is 0 Å². The minimum absolute atomic E-state index is 0. The van der Waals surface area contributed by atoms with E-state index in [1.165, 1.54) is 5.56 Å². The first-order chi connectivity index (χ1) is 15.4. The van der Waals surface area contributed by atoms with E-state index >= 15 is 0 Å². The summed E-state index contributed by atoms with van der Waals surface area (Å²) in [6.45, 7) is 15.7. The van der Waals surface area contributed by atoms with Gasteiger partial charge in [-0.3, -0.25) is 9.89 Å². The molecule has 188 valence electrons. The largest absolute Gasteiger partial charge is 0.387 e. The van der Waals surface area contributed by atoms with Gasteiger partial charge in [-0.1, -0.05) is 45.0 Å². The monoisotopic (exact) mass is 574 g/mol. The molecule has 0 radical (unpaired) electrons. The zero-order valence-corrected chi connectivity index (χ0v) is 23.0. The number of nitrogens with one attached hydrogen (secondary N) is 2. The van der Waals surface area contributed by atoms with Gasteiger partial charge in [0, 0.05) is 44.7 Å². The van der Waals surface area contributed by atoms with Crippen LogP contribution in [0.25, 0.3) is 0 Å². The first-order valence-electron chi connectivity index (χ1n) is 12.1. The number of nitrogens with zero attached hydrogens (tertiary/aromatic N) is 2. The number of morpholine rings is 1. The molecule has 0 bridgehead atoms.